The lowest BCUT2D eigenvalue weighted by Crippen LogP contribution is -2.42. The average Bonchev–Trinajstić information content (AvgIpc) is 2.47. The van der Waals surface area contributed by atoms with Crippen LogP contribution in [0.15, 0.2) is 54.6 Å². The Kier molecular flexibility index (Phi) is 3.32. The number of benzene rings is 2. The number of nitrogens with zero attached hydrogens (tertiary/aromatic N) is 1. The van der Waals surface area contributed by atoms with E-state index in [2.05, 4.69) is 0 Å². The smallest absolute Gasteiger partial charge is 0.258 e. The van der Waals surface area contributed by atoms with Gasteiger partial charge in [0.05, 0.1) is 11.6 Å². The van der Waals surface area contributed by atoms with Gasteiger partial charge in [-0.1, -0.05) is 42.5 Å². The van der Waals surface area contributed by atoms with Crippen LogP contribution in [0, 0.1) is 11.3 Å². The van der Waals surface area contributed by atoms with E-state index in [-0.39, 0.29) is 5.56 Å². The number of amides is 1. The predicted molar refractivity (Wildman–Crippen MR) is 69.8 cm³/mol. The monoisotopic (exact) mass is 252 g/mol. The topological polar surface area (TPSA) is 87.1 Å². The number of rotatable bonds is 3. The SMILES string of the molecule is N#Cc1cccc(C(O)(C(N)=O)c2ccccc2)c1. The maximum absolute atomic E-state index is 11.7. The van der Waals surface area contributed by atoms with E-state index in [1.807, 2.05) is 6.07 Å². The van der Waals surface area contributed by atoms with Gasteiger partial charge in [0.2, 0.25) is 0 Å². The fourth-order valence-electron chi connectivity index (χ4n) is 1.94. The van der Waals surface area contributed by atoms with Crippen molar-refractivity contribution in [3.63, 3.8) is 0 Å². The van der Waals surface area contributed by atoms with E-state index in [4.69, 9.17) is 11.0 Å². The summed E-state index contributed by atoms with van der Waals surface area (Å²) in [4.78, 5) is 11.7. The van der Waals surface area contributed by atoms with Crippen LogP contribution in [0.4, 0.5) is 0 Å². The molecule has 4 heteroatoms. The van der Waals surface area contributed by atoms with Crippen LogP contribution < -0.4 is 5.73 Å². The number of hydrogen-bond donors (Lipinski definition) is 2. The molecule has 0 aliphatic rings. The zero-order chi connectivity index (χ0) is 13.9. The summed E-state index contributed by atoms with van der Waals surface area (Å²) in [5.74, 6) is -0.881. The number of aliphatic hydroxyl groups is 1. The highest BCUT2D eigenvalue weighted by molar-refractivity contribution is 5.88. The van der Waals surface area contributed by atoms with E-state index >= 15 is 0 Å². The van der Waals surface area contributed by atoms with Gasteiger partial charge in [-0.2, -0.15) is 5.26 Å². The molecule has 0 bridgehead atoms. The molecule has 1 atom stereocenters. The van der Waals surface area contributed by atoms with Gasteiger partial charge in [-0.3, -0.25) is 4.79 Å². The molecule has 0 heterocycles. The number of nitriles is 1. The highest BCUT2D eigenvalue weighted by Crippen LogP contribution is 2.29. The molecule has 0 radical (unpaired) electrons. The molecule has 0 aromatic heterocycles. The lowest BCUT2D eigenvalue weighted by Gasteiger charge is -2.25. The first kappa shape index (κ1) is 12.8. The van der Waals surface area contributed by atoms with Gasteiger partial charge >= 0.3 is 0 Å². The van der Waals surface area contributed by atoms with Crippen molar-refractivity contribution in [3.8, 4) is 6.07 Å². The van der Waals surface area contributed by atoms with E-state index in [1.54, 1.807) is 48.5 Å². The van der Waals surface area contributed by atoms with Crippen molar-refractivity contribution in [1.82, 2.24) is 0 Å². The van der Waals surface area contributed by atoms with E-state index in [1.165, 1.54) is 6.07 Å². The normalized spacial score (nSPS) is 13.3. The molecule has 0 aliphatic carbocycles. The van der Waals surface area contributed by atoms with Crippen molar-refractivity contribution in [3.05, 3.63) is 71.3 Å². The van der Waals surface area contributed by atoms with Gasteiger partial charge < -0.3 is 10.8 Å². The van der Waals surface area contributed by atoms with Crippen LogP contribution in [0.25, 0.3) is 0 Å². The first-order valence-electron chi connectivity index (χ1n) is 5.67. The molecule has 3 N–H and O–H groups in total. The van der Waals surface area contributed by atoms with Gasteiger partial charge in [-0.05, 0) is 23.3 Å². The maximum Gasteiger partial charge on any atom is 0.258 e. The summed E-state index contributed by atoms with van der Waals surface area (Å²) in [6.45, 7) is 0. The van der Waals surface area contributed by atoms with Crippen LogP contribution in [0.3, 0.4) is 0 Å². The lowest BCUT2D eigenvalue weighted by atomic mass is 9.85. The van der Waals surface area contributed by atoms with Gasteiger partial charge in [0.25, 0.3) is 5.91 Å². The van der Waals surface area contributed by atoms with Crippen molar-refractivity contribution >= 4 is 5.91 Å². The summed E-state index contributed by atoms with van der Waals surface area (Å²) in [7, 11) is 0. The molecule has 2 rings (SSSR count). The zero-order valence-corrected chi connectivity index (χ0v) is 10.1. The molecule has 0 aliphatic heterocycles. The first-order valence-corrected chi connectivity index (χ1v) is 5.67. The average molecular weight is 252 g/mol. The molecule has 4 nitrogen and oxygen atoms in total. The van der Waals surface area contributed by atoms with E-state index < -0.39 is 11.5 Å². The molecule has 0 saturated heterocycles. The Labute approximate surface area is 110 Å². The van der Waals surface area contributed by atoms with Crippen molar-refractivity contribution in [2.24, 2.45) is 5.73 Å². The number of primary amides is 1. The Morgan fingerprint density at radius 1 is 1.11 bits per heavy atom. The zero-order valence-electron chi connectivity index (χ0n) is 10.1. The molecular formula is C15H12N2O2. The van der Waals surface area contributed by atoms with Crippen LogP contribution in [0.5, 0.6) is 0 Å². The summed E-state index contributed by atoms with van der Waals surface area (Å²) in [5.41, 5.74) is 4.43. The number of carbonyl (C=O) groups is 1. The van der Waals surface area contributed by atoms with Gasteiger partial charge in [0, 0.05) is 0 Å². The lowest BCUT2D eigenvalue weighted by molar-refractivity contribution is -0.133. The second-order valence-corrected chi connectivity index (χ2v) is 4.13. The van der Waals surface area contributed by atoms with Gasteiger partial charge in [0.1, 0.15) is 0 Å². The quantitative estimate of drug-likeness (QED) is 0.862. The second kappa shape index (κ2) is 4.92. The third-order valence-electron chi connectivity index (χ3n) is 2.96. The van der Waals surface area contributed by atoms with Crippen LogP contribution in [0.1, 0.15) is 16.7 Å². The van der Waals surface area contributed by atoms with Gasteiger partial charge in [-0.15, -0.1) is 0 Å². The third-order valence-corrected chi connectivity index (χ3v) is 2.96. The number of hydrogen-bond acceptors (Lipinski definition) is 3. The number of carbonyl (C=O) groups excluding carboxylic acids is 1. The summed E-state index contributed by atoms with van der Waals surface area (Å²) in [5, 5.41) is 19.6. The Balaban J connectivity index is 2.64. The molecule has 2 aromatic rings. The first-order chi connectivity index (χ1) is 9.09. The van der Waals surface area contributed by atoms with Crippen molar-refractivity contribution < 1.29 is 9.90 Å². The standard InChI is InChI=1S/C15H12N2O2/c16-10-11-5-4-8-13(9-11)15(19,14(17)18)12-6-2-1-3-7-12/h1-9,19H,(H2,17,18). The Hall–Kier alpha value is -2.64. The maximum atomic E-state index is 11.7. The minimum atomic E-state index is -1.94. The highest BCUT2D eigenvalue weighted by atomic mass is 16.3. The fourth-order valence-corrected chi connectivity index (χ4v) is 1.94. The van der Waals surface area contributed by atoms with Crippen LogP contribution in [-0.4, -0.2) is 11.0 Å². The molecule has 19 heavy (non-hydrogen) atoms. The molecule has 1 amide bonds. The minimum absolute atomic E-state index is 0.283. The molecule has 0 saturated carbocycles. The molecule has 94 valence electrons. The van der Waals surface area contributed by atoms with Gasteiger partial charge in [-0.25, -0.2) is 0 Å². The summed E-state index contributed by atoms with van der Waals surface area (Å²) in [6.07, 6.45) is 0. The van der Waals surface area contributed by atoms with Crippen molar-refractivity contribution in [2.75, 3.05) is 0 Å². The Morgan fingerprint density at radius 3 is 2.32 bits per heavy atom. The van der Waals surface area contributed by atoms with Gasteiger partial charge in [0.15, 0.2) is 5.60 Å². The second-order valence-electron chi connectivity index (χ2n) is 4.13. The minimum Gasteiger partial charge on any atom is -0.372 e. The summed E-state index contributed by atoms with van der Waals surface area (Å²) < 4.78 is 0. The van der Waals surface area contributed by atoms with E-state index in [0.717, 1.165) is 0 Å². The van der Waals surface area contributed by atoms with Crippen LogP contribution in [0.2, 0.25) is 0 Å². The molecule has 0 spiro atoms. The predicted octanol–water partition coefficient (Wildman–Crippen LogP) is 1.28. The van der Waals surface area contributed by atoms with Crippen LogP contribution >= 0.6 is 0 Å². The van der Waals surface area contributed by atoms with Crippen LogP contribution in [-0.2, 0) is 10.4 Å². The summed E-state index contributed by atoms with van der Waals surface area (Å²) in [6, 6.07) is 16.6. The highest BCUT2D eigenvalue weighted by Gasteiger charge is 2.38. The Morgan fingerprint density at radius 2 is 1.74 bits per heavy atom. The summed E-state index contributed by atoms with van der Waals surface area (Å²) >= 11 is 0. The molecule has 1 unspecified atom stereocenters. The molecular weight excluding hydrogens is 240 g/mol. The van der Waals surface area contributed by atoms with E-state index in [0.29, 0.717) is 11.1 Å². The number of nitrogens with two attached hydrogens (primary N) is 1. The van der Waals surface area contributed by atoms with Crippen molar-refractivity contribution in [2.45, 2.75) is 5.60 Å². The van der Waals surface area contributed by atoms with E-state index in [9.17, 15) is 9.90 Å². The third kappa shape index (κ3) is 2.19. The Bertz CT molecular complexity index is 647. The largest absolute Gasteiger partial charge is 0.372 e. The fraction of sp³-hybridized carbons (Fsp3) is 0.0667. The van der Waals surface area contributed by atoms with Crippen molar-refractivity contribution in [1.29, 1.82) is 5.26 Å². The molecule has 0 fully saturated rings. The molecule has 2 aromatic carbocycles.